The van der Waals surface area contributed by atoms with Crippen molar-refractivity contribution in [2.45, 2.75) is 6.92 Å². The normalized spacial score (nSPS) is 9.91. The Morgan fingerprint density at radius 1 is 0.697 bits per heavy atom. The minimum atomic E-state index is -1.08. The molecule has 0 aliphatic carbocycles. The monoisotopic (exact) mass is 488 g/mol. The minimum Gasteiger partial charge on any atom is -0.872 e. The maximum absolute atomic E-state index is 13.5. The number of nitrogens with zero attached hydrogens (tertiary/aromatic N) is 2. The summed E-state index contributed by atoms with van der Waals surface area (Å²) in [5.41, 5.74) is 1.78. The van der Waals surface area contributed by atoms with Crippen molar-refractivity contribution in [3.63, 3.8) is 0 Å². The standard InChI is InChI=1S/C22H14F2N2O2.C2H4O2.Mn/c23-13-7-9-21(27)15(11-13)17-3-1-5-19(25-17)20-6-2-4-18(26-20)16-12-14(24)8-10-22(16)28;1-2(3)4;/h1-12,27-28H;1H3,(H,3,4);/q;;+3/p-3. The van der Waals surface area contributed by atoms with E-state index in [-0.39, 0.29) is 39.7 Å². The number of rotatable bonds is 3. The fourth-order valence-electron chi connectivity index (χ4n) is 2.86. The van der Waals surface area contributed by atoms with E-state index in [9.17, 15) is 19.0 Å². The second-order valence-electron chi connectivity index (χ2n) is 6.59. The number of benzene rings is 2. The van der Waals surface area contributed by atoms with Crippen molar-refractivity contribution in [1.82, 2.24) is 9.97 Å². The molecule has 0 radical (unpaired) electrons. The van der Waals surface area contributed by atoms with E-state index in [2.05, 4.69) is 9.97 Å². The quantitative estimate of drug-likeness (QED) is 0.410. The summed E-state index contributed by atoms with van der Waals surface area (Å²) in [6.45, 7) is 0.972. The molecule has 0 unspecified atom stereocenters. The van der Waals surface area contributed by atoms with Crippen LogP contribution in [0.5, 0.6) is 11.5 Å². The van der Waals surface area contributed by atoms with Crippen LogP contribution in [-0.4, -0.2) is 15.9 Å². The Bertz CT molecular complexity index is 1190. The van der Waals surface area contributed by atoms with Gasteiger partial charge in [0.05, 0.1) is 22.8 Å². The van der Waals surface area contributed by atoms with Gasteiger partial charge in [0.15, 0.2) is 0 Å². The summed E-state index contributed by atoms with van der Waals surface area (Å²) in [6, 6.07) is 16.7. The van der Waals surface area contributed by atoms with E-state index >= 15 is 0 Å². The van der Waals surface area contributed by atoms with Crippen LogP contribution in [0.15, 0.2) is 72.8 Å². The summed E-state index contributed by atoms with van der Waals surface area (Å²) < 4.78 is 27.1. The number of carbonyl (C=O) groups is 1. The topological polar surface area (TPSA) is 112 Å². The van der Waals surface area contributed by atoms with Gasteiger partial charge in [-0.3, -0.25) is 0 Å². The third-order valence-corrected chi connectivity index (χ3v) is 4.20. The zero-order valence-electron chi connectivity index (χ0n) is 17.1. The van der Waals surface area contributed by atoms with Gasteiger partial charge >= 0.3 is 17.1 Å². The third-order valence-electron chi connectivity index (χ3n) is 4.20. The molecule has 0 bridgehead atoms. The van der Waals surface area contributed by atoms with Crippen LogP contribution in [0.1, 0.15) is 6.92 Å². The number of hydrogen-bond acceptors (Lipinski definition) is 6. The molecule has 4 rings (SSSR count). The zero-order chi connectivity index (χ0) is 23.3. The second-order valence-corrected chi connectivity index (χ2v) is 6.59. The van der Waals surface area contributed by atoms with Gasteiger partial charge in [0, 0.05) is 5.97 Å². The Labute approximate surface area is 198 Å². The average Bonchev–Trinajstić information content (AvgIpc) is 2.77. The van der Waals surface area contributed by atoms with Crippen LogP contribution >= 0.6 is 0 Å². The summed E-state index contributed by atoms with van der Waals surface area (Å²) in [5.74, 6) is -2.83. The Morgan fingerprint density at radius 2 is 1.03 bits per heavy atom. The molecule has 4 aromatic rings. The van der Waals surface area contributed by atoms with Crippen LogP contribution in [0.2, 0.25) is 0 Å². The van der Waals surface area contributed by atoms with E-state index in [1.165, 1.54) is 0 Å². The van der Waals surface area contributed by atoms with Gasteiger partial charge in [-0.1, -0.05) is 35.8 Å². The second kappa shape index (κ2) is 11.2. The first-order valence-electron chi connectivity index (χ1n) is 9.30. The first-order chi connectivity index (χ1) is 15.2. The van der Waals surface area contributed by atoms with Crippen LogP contribution in [0.4, 0.5) is 8.78 Å². The van der Waals surface area contributed by atoms with Crippen molar-refractivity contribution in [2.75, 3.05) is 0 Å². The van der Waals surface area contributed by atoms with Gasteiger partial charge in [-0.2, -0.15) is 0 Å². The van der Waals surface area contributed by atoms with E-state index in [0.29, 0.717) is 22.8 Å². The molecule has 0 spiro atoms. The van der Waals surface area contributed by atoms with Gasteiger partial charge in [0.1, 0.15) is 11.6 Å². The molecule has 0 amide bonds. The third kappa shape index (κ3) is 6.58. The molecule has 2 aromatic carbocycles. The predicted molar refractivity (Wildman–Crippen MR) is 108 cm³/mol. The van der Waals surface area contributed by atoms with Gasteiger partial charge < -0.3 is 20.1 Å². The Hall–Kier alpha value is -3.81. The molecule has 0 aliphatic rings. The van der Waals surface area contributed by atoms with Crippen molar-refractivity contribution in [3.05, 3.63) is 84.4 Å². The van der Waals surface area contributed by atoms with Gasteiger partial charge in [0.2, 0.25) is 0 Å². The number of halogens is 2. The fourth-order valence-corrected chi connectivity index (χ4v) is 2.86. The van der Waals surface area contributed by atoms with Crippen molar-refractivity contribution in [3.8, 4) is 45.4 Å². The molecular weight excluding hydrogens is 473 g/mol. The molecule has 0 saturated carbocycles. The molecule has 0 atom stereocenters. The number of carboxylic acid groups (broad SMARTS) is 1. The van der Waals surface area contributed by atoms with E-state index < -0.39 is 17.6 Å². The molecule has 0 saturated heterocycles. The molecule has 33 heavy (non-hydrogen) atoms. The molecule has 2 heterocycles. The largest absolute Gasteiger partial charge is 3.00 e. The van der Waals surface area contributed by atoms with Gasteiger partial charge in [-0.15, -0.1) is 0 Å². The van der Waals surface area contributed by atoms with Crippen molar-refractivity contribution >= 4 is 5.97 Å². The minimum absolute atomic E-state index is 0. The molecule has 2 aromatic heterocycles. The summed E-state index contributed by atoms with van der Waals surface area (Å²) in [4.78, 5) is 17.7. The predicted octanol–water partition coefficient (Wildman–Crippen LogP) is 2.66. The van der Waals surface area contributed by atoms with Crippen molar-refractivity contribution in [1.29, 1.82) is 0 Å². The van der Waals surface area contributed by atoms with Crippen LogP contribution in [0, 0.1) is 11.6 Å². The SMILES string of the molecule is CC(=O)[O-].[Mn+3].[O-]c1ccc(F)cc1-c1cccc(-c2cccc(-c3cc(F)ccc3[O-])n2)n1. The molecule has 6 nitrogen and oxygen atoms in total. The maximum Gasteiger partial charge on any atom is 3.00 e. The van der Waals surface area contributed by atoms with Crippen LogP contribution in [0.25, 0.3) is 33.9 Å². The zero-order valence-corrected chi connectivity index (χ0v) is 18.3. The van der Waals surface area contributed by atoms with Crippen molar-refractivity contribution < 1.29 is 46.0 Å². The Morgan fingerprint density at radius 3 is 1.39 bits per heavy atom. The van der Waals surface area contributed by atoms with Crippen LogP contribution < -0.4 is 15.3 Å². The number of aliphatic carboxylic acids is 1. The van der Waals surface area contributed by atoms with E-state index in [1.807, 2.05) is 0 Å². The van der Waals surface area contributed by atoms with Crippen molar-refractivity contribution in [2.24, 2.45) is 0 Å². The molecule has 0 N–H and O–H groups in total. The summed E-state index contributed by atoms with van der Waals surface area (Å²) >= 11 is 0. The maximum atomic E-state index is 13.5. The fraction of sp³-hybridized carbons (Fsp3) is 0.0417. The molecule has 0 aliphatic heterocycles. The first kappa shape index (κ1) is 25.5. The number of pyridine rings is 2. The summed E-state index contributed by atoms with van der Waals surface area (Å²) in [5, 5.41) is 33.0. The Kier molecular flexibility index (Phi) is 8.62. The first-order valence-corrected chi connectivity index (χ1v) is 9.30. The number of hydrogen-bond donors (Lipinski definition) is 0. The van der Waals surface area contributed by atoms with Gasteiger partial charge in [-0.05, 0) is 66.6 Å². The number of carboxylic acids is 1. The number of aromatic nitrogens is 2. The Balaban J connectivity index is 0.000000714. The summed E-state index contributed by atoms with van der Waals surface area (Å²) in [7, 11) is 0. The van der Waals surface area contributed by atoms with Gasteiger partial charge in [-0.25, -0.2) is 18.7 Å². The molecule has 9 heteroatoms. The van der Waals surface area contributed by atoms with E-state index in [4.69, 9.17) is 9.90 Å². The molecule has 0 fully saturated rings. The molecule has 166 valence electrons. The summed E-state index contributed by atoms with van der Waals surface area (Å²) in [6.07, 6.45) is 0. The number of carbonyl (C=O) groups excluding carboxylic acids is 1. The average molecular weight is 488 g/mol. The van der Waals surface area contributed by atoms with Crippen LogP contribution in [-0.2, 0) is 21.9 Å². The smallest absolute Gasteiger partial charge is 0.872 e. The molecular formula is C24H15F2MnN2O4. The van der Waals surface area contributed by atoms with E-state index in [1.54, 1.807) is 36.4 Å². The van der Waals surface area contributed by atoms with Crippen LogP contribution in [0.3, 0.4) is 0 Å². The van der Waals surface area contributed by atoms with Gasteiger partial charge in [0.25, 0.3) is 0 Å². The van der Waals surface area contributed by atoms with E-state index in [0.717, 1.165) is 43.3 Å².